The number of hydrogen-bond donors (Lipinski definition) is 2. The van der Waals surface area contributed by atoms with E-state index in [0.29, 0.717) is 17.3 Å². The summed E-state index contributed by atoms with van der Waals surface area (Å²) in [4.78, 5) is 29.4. The van der Waals surface area contributed by atoms with E-state index in [1.165, 1.54) is 12.5 Å². The van der Waals surface area contributed by atoms with Gasteiger partial charge in [0.05, 0.1) is 23.6 Å². The smallest absolute Gasteiger partial charge is 0.274 e. The molecular formula is C17H18N6O2. The number of aromatic nitrogens is 4. The van der Waals surface area contributed by atoms with Gasteiger partial charge in [0.2, 0.25) is 5.89 Å². The van der Waals surface area contributed by atoms with Gasteiger partial charge in [-0.2, -0.15) is 0 Å². The minimum Gasteiger partial charge on any atom is -0.443 e. The van der Waals surface area contributed by atoms with E-state index in [-0.39, 0.29) is 17.6 Å². The van der Waals surface area contributed by atoms with Crippen molar-refractivity contribution in [3.05, 3.63) is 53.4 Å². The summed E-state index contributed by atoms with van der Waals surface area (Å²) < 4.78 is 5.21. The Kier molecular flexibility index (Phi) is 4.42. The van der Waals surface area contributed by atoms with Crippen molar-refractivity contribution >= 4 is 11.7 Å². The Bertz CT molecular complexity index is 908. The Balaban J connectivity index is 1.85. The highest BCUT2D eigenvalue weighted by molar-refractivity contribution is 5.96. The van der Waals surface area contributed by atoms with Gasteiger partial charge in [-0.05, 0) is 32.4 Å². The summed E-state index contributed by atoms with van der Waals surface area (Å²) in [6, 6.07) is 3.50. The molecule has 3 aromatic heterocycles. The number of rotatable bonds is 4. The fourth-order valence-corrected chi connectivity index (χ4v) is 2.53. The molecule has 25 heavy (non-hydrogen) atoms. The second-order valence-corrected chi connectivity index (χ2v) is 5.63. The third kappa shape index (κ3) is 3.32. The minimum atomic E-state index is -0.412. The summed E-state index contributed by atoms with van der Waals surface area (Å²) in [6.07, 6.45) is 4.63. The van der Waals surface area contributed by atoms with Crippen molar-refractivity contribution in [1.29, 1.82) is 0 Å². The molecule has 0 saturated carbocycles. The van der Waals surface area contributed by atoms with Crippen molar-refractivity contribution in [1.82, 2.24) is 25.3 Å². The van der Waals surface area contributed by atoms with Crippen molar-refractivity contribution < 1.29 is 9.21 Å². The van der Waals surface area contributed by atoms with Crippen LogP contribution in [0.2, 0.25) is 0 Å². The van der Waals surface area contributed by atoms with Gasteiger partial charge < -0.3 is 15.5 Å². The molecule has 0 radical (unpaired) electrons. The van der Waals surface area contributed by atoms with E-state index >= 15 is 0 Å². The Morgan fingerprint density at radius 2 is 2.04 bits per heavy atom. The molecule has 8 nitrogen and oxygen atoms in total. The first-order valence-corrected chi connectivity index (χ1v) is 7.73. The molecule has 128 valence electrons. The van der Waals surface area contributed by atoms with Gasteiger partial charge in [0, 0.05) is 6.20 Å². The fourth-order valence-electron chi connectivity index (χ4n) is 2.53. The third-order valence-electron chi connectivity index (χ3n) is 3.75. The number of hydrogen-bond acceptors (Lipinski definition) is 7. The summed E-state index contributed by atoms with van der Waals surface area (Å²) in [7, 11) is 0. The maximum absolute atomic E-state index is 12.6. The molecule has 1 amide bonds. The molecule has 3 aromatic rings. The zero-order valence-corrected chi connectivity index (χ0v) is 14.1. The van der Waals surface area contributed by atoms with E-state index in [1.807, 2.05) is 26.0 Å². The number of aryl methyl sites for hydroxylation is 2. The summed E-state index contributed by atoms with van der Waals surface area (Å²) >= 11 is 0. The van der Waals surface area contributed by atoms with Crippen molar-refractivity contribution in [2.24, 2.45) is 0 Å². The van der Waals surface area contributed by atoms with Gasteiger partial charge in [0.1, 0.15) is 12.0 Å². The van der Waals surface area contributed by atoms with Crippen LogP contribution in [-0.2, 0) is 0 Å². The van der Waals surface area contributed by atoms with E-state index in [9.17, 15) is 4.79 Å². The molecular weight excluding hydrogens is 320 g/mol. The highest BCUT2D eigenvalue weighted by Gasteiger charge is 2.21. The molecule has 0 aliphatic heterocycles. The van der Waals surface area contributed by atoms with Gasteiger partial charge in [0.25, 0.3) is 5.91 Å². The van der Waals surface area contributed by atoms with Gasteiger partial charge in [0.15, 0.2) is 11.5 Å². The Labute approximate surface area is 144 Å². The summed E-state index contributed by atoms with van der Waals surface area (Å²) in [6.45, 7) is 5.51. The molecule has 1 unspecified atom stereocenters. The first-order chi connectivity index (χ1) is 12.0. The van der Waals surface area contributed by atoms with Gasteiger partial charge in [-0.3, -0.25) is 9.78 Å². The molecule has 0 fully saturated rings. The maximum atomic E-state index is 12.6. The van der Waals surface area contributed by atoms with Crippen LogP contribution in [0.15, 0.2) is 35.2 Å². The van der Waals surface area contributed by atoms with E-state index in [4.69, 9.17) is 10.2 Å². The molecule has 8 heteroatoms. The Morgan fingerprint density at radius 3 is 2.72 bits per heavy atom. The van der Waals surface area contributed by atoms with Crippen LogP contribution in [0.1, 0.15) is 40.4 Å². The number of carbonyl (C=O) groups excluding carboxylic acids is 1. The SMILES string of the molecule is Cc1cccnc1C(C)NC(=O)c1nc(C)c(-c2ncco2)nc1N. The molecule has 0 saturated heterocycles. The topological polar surface area (TPSA) is 120 Å². The molecule has 1 atom stereocenters. The highest BCUT2D eigenvalue weighted by Crippen LogP contribution is 2.21. The number of nitrogens with zero attached hydrogens (tertiary/aromatic N) is 4. The number of nitrogens with two attached hydrogens (primary N) is 1. The Morgan fingerprint density at radius 1 is 1.24 bits per heavy atom. The third-order valence-corrected chi connectivity index (χ3v) is 3.75. The number of amides is 1. The van der Waals surface area contributed by atoms with Crippen LogP contribution in [-0.4, -0.2) is 25.8 Å². The number of carbonyl (C=O) groups is 1. The predicted molar refractivity (Wildman–Crippen MR) is 91.5 cm³/mol. The van der Waals surface area contributed by atoms with Gasteiger partial charge in [-0.15, -0.1) is 0 Å². The molecule has 3 heterocycles. The zero-order valence-electron chi connectivity index (χ0n) is 14.1. The van der Waals surface area contributed by atoms with Crippen LogP contribution < -0.4 is 11.1 Å². The van der Waals surface area contributed by atoms with Crippen molar-refractivity contribution in [2.45, 2.75) is 26.8 Å². The molecule has 0 spiro atoms. The quantitative estimate of drug-likeness (QED) is 0.748. The fraction of sp³-hybridized carbons (Fsp3) is 0.235. The van der Waals surface area contributed by atoms with Crippen LogP contribution in [0.25, 0.3) is 11.6 Å². The van der Waals surface area contributed by atoms with E-state index in [0.717, 1.165) is 11.3 Å². The number of nitrogens with one attached hydrogen (secondary N) is 1. The number of oxazole rings is 1. The number of pyridine rings is 1. The summed E-state index contributed by atoms with van der Waals surface area (Å²) in [5, 5.41) is 2.85. The summed E-state index contributed by atoms with van der Waals surface area (Å²) in [5.41, 5.74) is 8.68. The monoisotopic (exact) mass is 338 g/mol. The van der Waals surface area contributed by atoms with Crippen molar-refractivity contribution in [3.8, 4) is 11.6 Å². The number of anilines is 1. The summed E-state index contributed by atoms with van der Waals surface area (Å²) in [5.74, 6) is -0.0908. The zero-order chi connectivity index (χ0) is 18.0. The highest BCUT2D eigenvalue weighted by atomic mass is 16.3. The minimum absolute atomic E-state index is 0.0150. The molecule has 0 aromatic carbocycles. The predicted octanol–water partition coefficient (Wildman–Crippen LogP) is 2.22. The lowest BCUT2D eigenvalue weighted by Gasteiger charge is -2.16. The average Bonchev–Trinajstić information content (AvgIpc) is 3.11. The average molecular weight is 338 g/mol. The number of nitrogen functional groups attached to an aromatic ring is 1. The lowest BCUT2D eigenvalue weighted by molar-refractivity contribution is 0.0934. The van der Waals surface area contributed by atoms with Crippen LogP contribution in [0.4, 0.5) is 5.82 Å². The molecule has 0 aliphatic carbocycles. The van der Waals surface area contributed by atoms with E-state index in [1.54, 1.807) is 13.1 Å². The van der Waals surface area contributed by atoms with Crippen LogP contribution in [0, 0.1) is 13.8 Å². The molecule has 0 aliphatic rings. The second-order valence-electron chi connectivity index (χ2n) is 5.63. The van der Waals surface area contributed by atoms with Gasteiger partial charge in [-0.1, -0.05) is 6.07 Å². The largest absolute Gasteiger partial charge is 0.443 e. The van der Waals surface area contributed by atoms with Crippen LogP contribution in [0.5, 0.6) is 0 Å². The molecule has 3 N–H and O–H groups in total. The molecule has 3 rings (SSSR count). The van der Waals surface area contributed by atoms with Crippen LogP contribution in [0.3, 0.4) is 0 Å². The maximum Gasteiger partial charge on any atom is 0.274 e. The first-order valence-electron chi connectivity index (χ1n) is 7.73. The second kappa shape index (κ2) is 6.68. The lowest BCUT2D eigenvalue weighted by Crippen LogP contribution is -2.29. The Hall–Kier alpha value is -3.29. The van der Waals surface area contributed by atoms with E-state index < -0.39 is 5.91 Å². The normalized spacial score (nSPS) is 12.0. The standard InChI is InChI=1S/C17H18N6O2/c1-9-5-4-6-19-12(9)10(2)22-16(24)14-15(18)23-13(11(3)21-14)17-20-7-8-25-17/h4-8,10H,1-3H3,(H2,18,23)(H,22,24). The van der Waals surface area contributed by atoms with Crippen molar-refractivity contribution in [3.63, 3.8) is 0 Å². The van der Waals surface area contributed by atoms with Crippen molar-refractivity contribution in [2.75, 3.05) is 5.73 Å². The molecule has 0 bridgehead atoms. The van der Waals surface area contributed by atoms with E-state index in [2.05, 4.69) is 25.3 Å². The van der Waals surface area contributed by atoms with Gasteiger partial charge >= 0.3 is 0 Å². The van der Waals surface area contributed by atoms with Crippen LogP contribution >= 0.6 is 0 Å². The van der Waals surface area contributed by atoms with Gasteiger partial charge in [-0.25, -0.2) is 15.0 Å². The lowest BCUT2D eigenvalue weighted by atomic mass is 10.1. The first kappa shape index (κ1) is 16.6.